The minimum atomic E-state index is 0. The van der Waals surface area contributed by atoms with Crippen molar-refractivity contribution in [2.24, 2.45) is 0 Å². The normalized spacial score (nSPS) is 7.71. The number of methoxy groups -OCH3 is 2. The number of ether oxygens (including phenoxy) is 2. The molecule has 38 valence electrons. The average molecular weight is 128 g/mol. The van der Waals surface area contributed by atoms with Gasteiger partial charge in [0.1, 0.15) is 0 Å². The van der Waals surface area contributed by atoms with E-state index in [-0.39, 0.29) is 51.4 Å². The van der Waals surface area contributed by atoms with Gasteiger partial charge in [0.2, 0.25) is 0 Å². The predicted octanol–water partition coefficient (Wildman–Crippen LogP) is -2.56. The van der Waals surface area contributed by atoms with E-state index in [4.69, 9.17) is 0 Å². The third-order valence-electron chi connectivity index (χ3n) is 0.401. The molecule has 0 aromatic carbocycles. The van der Waals surface area contributed by atoms with Crippen molar-refractivity contribution < 1.29 is 60.9 Å². The maximum absolute atomic E-state index is 4.60. The van der Waals surface area contributed by atoms with Crippen molar-refractivity contribution in [3.8, 4) is 0 Å². The van der Waals surface area contributed by atoms with Crippen LogP contribution in [0.25, 0.3) is 0 Å². The third-order valence-corrected chi connectivity index (χ3v) is 0.401. The molecule has 0 aliphatic heterocycles. The molecule has 0 atom stereocenters. The fourth-order valence-electron chi connectivity index (χ4n) is 0.136. The molecule has 0 aromatic heterocycles. The van der Waals surface area contributed by atoms with E-state index in [1.807, 2.05) is 0 Å². The fourth-order valence-corrected chi connectivity index (χ4v) is 0.136. The fraction of sp³-hybridized carbons (Fsp3) is 0.750. The second-order valence-corrected chi connectivity index (χ2v) is 0.858. The zero-order valence-corrected chi connectivity index (χ0v) is 8.22. The molecule has 0 N–H and O–H groups in total. The molecule has 0 spiro atoms. The molecule has 3 heteroatoms. The first-order chi connectivity index (χ1) is 2.91. The molecule has 0 aromatic rings. The number of hydrogen-bond acceptors (Lipinski definition) is 2. The van der Waals surface area contributed by atoms with E-state index in [0.717, 1.165) is 0 Å². The van der Waals surface area contributed by atoms with Gasteiger partial charge in [0, 0.05) is 7.11 Å². The van der Waals surface area contributed by atoms with Crippen LogP contribution in [0, 0.1) is 6.61 Å². The van der Waals surface area contributed by atoms with E-state index < -0.39 is 0 Å². The smallest absolute Gasteiger partial charge is 0.552 e. The summed E-state index contributed by atoms with van der Waals surface area (Å²) in [6, 6.07) is 0. The molecule has 0 radical (unpaired) electrons. The summed E-state index contributed by atoms with van der Waals surface area (Å²) in [5, 5.41) is 0. The molecule has 0 unspecified atom stereocenters. The van der Waals surface area contributed by atoms with Crippen LogP contribution in [0.4, 0.5) is 0 Å². The van der Waals surface area contributed by atoms with Crippen molar-refractivity contribution in [3.05, 3.63) is 6.61 Å². The van der Waals surface area contributed by atoms with Crippen LogP contribution < -0.4 is 51.4 Å². The Morgan fingerprint density at radius 3 is 2.14 bits per heavy atom. The maximum atomic E-state index is 4.60. The Labute approximate surface area is 87.0 Å². The molecule has 0 rings (SSSR count). The molecule has 0 amide bonds. The van der Waals surface area contributed by atoms with Crippen LogP contribution in [-0.2, 0) is 9.47 Å². The van der Waals surface area contributed by atoms with Gasteiger partial charge in [0.15, 0.2) is 0 Å². The molecule has 2 nitrogen and oxygen atoms in total. The maximum Gasteiger partial charge on any atom is 1.00 e. The Kier molecular flexibility index (Phi) is 17.1. The first-order valence-corrected chi connectivity index (χ1v) is 1.75. The van der Waals surface area contributed by atoms with Gasteiger partial charge in [-0.3, -0.25) is 0 Å². The zero-order chi connectivity index (χ0) is 4.83. The third kappa shape index (κ3) is 11.2. The molecule has 0 saturated heterocycles. The first-order valence-electron chi connectivity index (χ1n) is 1.75. The van der Waals surface area contributed by atoms with Gasteiger partial charge in [0.25, 0.3) is 0 Å². The van der Waals surface area contributed by atoms with Crippen LogP contribution in [0.5, 0.6) is 0 Å². The van der Waals surface area contributed by atoms with Gasteiger partial charge >= 0.3 is 51.4 Å². The van der Waals surface area contributed by atoms with E-state index in [2.05, 4.69) is 9.47 Å². The summed E-state index contributed by atoms with van der Waals surface area (Å²) in [7, 11) is 3.22. The summed E-state index contributed by atoms with van der Waals surface area (Å²) >= 11 is 0. The van der Waals surface area contributed by atoms with Gasteiger partial charge < -0.3 is 9.47 Å². The summed E-state index contributed by atoms with van der Waals surface area (Å²) in [6.07, 6.45) is 0. The molecule has 0 fully saturated rings. The van der Waals surface area contributed by atoms with Gasteiger partial charge in [0.05, 0.1) is 0 Å². The monoisotopic (exact) mass is 128 g/mol. The molecular weight excluding hydrogens is 119 g/mol. The predicted molar refractivity (Wildman–Crippen MR) is 23.2 cm³/mol. The van der Waals surface area contributed by atoms with Crippen LogP contribution in [0.15, 0.2) is 0 Å². The number of hydrogen-bond donors (Lipinski definition) is 0. The average Bonchev–Trinajstić information content (AvgIpc) is 1.61. The molecular formula is C4H9KO2. The first kappa shape index (κ1) is 11.4. The van der Waals surface area contributed by atoms with Crippen molar-refractivity contribution in [1.29, 1.82) is 0 Å². The van der Waals surface area contributed by atoms with Crippen LogP contribution in [0.1, 0.15) is 0 Å². The number of rotatable bonds is 3. The Morgan fingerprint density at radius 1 is 1.43 bits per heavy atom. The Morgan fingerprint density at radius 2 is 2.00 bits per heavy atom. The van der Waals surface area contributed by atoms with E-state index in [1.165, 1.54) is 0 Å². The minimum Gasteiger partial charge on any atom is -0.552 e. The summed E-state index contributed by atoms with van der Waals surface area (Å²) in [4.78, 5) is 0. The molecule has 0 saturated carbocycles. The second-order valence-electron chi connectivity index (χ2n) is 0.858. The van der Waals surface area contributed by atoms with Gasteiger partial charge in [-0.15, -0.1) is 0 Å². The van der Waals surface area contributed by atoms with Gasteiger partial charge in [-0.2, -0.15) is 6.61 Å². The van der Waals surface area contributed by atoms with Crippen molar-refractivity contribution in [2.75, 3.05) is 20.8 Å². The summed E-state index contributed by atoms with van der Waals surface area (Å²) in [6.45, 7) is 2.15. The van der Waals surface area contributed by atoms with Gasteiger partial charge in [-0.05, 0) is 7.11 Å². The van der Waals surface area contributed by atoms with E-state index >= 15 is 0 Å². The Balaban J connectivity index is 0. The van der Waals surface area contributed by atoms with E-state index in [9.17, 15) is 0 Å². The van der Waals surface area contributed by atoms with Crippen molar-refractivity contribution in [1.82, 2.24) is 0 Å². The summed E-state index contributed by atoms with van der Waals surface area (Å²) in [5.74, 6) is 0. The van der Waals surface area contributed by atoms with Crippen LogP contribution in [0.2, 0.25) is 0 Å². The quantitative estimate of drug-likeness (QED) is 0.237. The van der Waals surface area contributed by atoms with Crippen LogP contribution >= 0.6 is 0 Å². The molecule has 0 heterocycles. The zero-order valence-electron chi connectivity index (χ0n) is 5.10. The summed E-state index contributed by atoms with van der Waals surface area (Å²) in [5.41, 5.74) is 0. The van der Waals surface area contributed by atoms with Gasteiger partial charge in [-0.25, -0.2) is 0 Å². The molecule has 0 aliphatic carbocycles. The largest absolute Gasteiger partial charge is 1.00 e. The Hall–Kier alpha value is 1.56. The summed E-state index contributed by atoms with van der Waals surface area (Å²) < 4.78 is 9.13. The van der Waals surface area contributed by atoms with E-state index in [1.54, 1.807) is 20.8 Å². The van der Waals surface area contributed by atoms with Gasteiger partial charge in [-0.1, -0.05) is 6.61 Å². The minimum absolute atomic E-state index is 0. The molecule has 0 aliphatic rings. The van der Waals surface area contributed by atoms with Crippen molar-refractivity contribution in [2.45, 2.75) is 0 Å². The van der Waals surface area contributed by atoms with Crippen molar-refractivity contribution >= 4 is 0 Å². The molecule has 7 heavy (non-hydrogen) atoms. The molecule has 0 bridgehead atoms. The van der Waals surface area contributed by atoms with Crippen LogP contribution in [-0.4, -0.2) is 20.8 Å². The van der Waals surface area contributed by atoms with Crippen molar-refractivity contribution in [3.63, 3.8) is 0 Å². The standard InChI is InChI=1S/C4H9O2.K/c1-5-3-4-6-2;/h3H,4H2,1-2H3;/q-1;+1. The van der Waals surface area contributed by atoms with E-state index in [0.29, 0.717) is 6.61 Å². The SMILES string of the molecule is CO[CH-]COC.[K+]. The second kappa shape index (κ2) is 10.5. The topological polar surface area (TPSA) is 18.5 Å². The Bertz CT molecular complexity index is 21.7. The van der Waals surface area contributed by atoms with Crippen LogP contribution in [0.3, 0.4) is 0 Å².